The van der Waals surface area contributed by atoms with Gasteiger partial charge < -0.3 is 19.7 Å². The first-order valence-electron chi connectivity index (χ1n) is 13.2. The molecule has 0 amide bonds. The molecule has 4 aliphatic carbocycles. The van der Waals surface area contributed by atoms with Crippen LogP contribution >= 0.6 is 0 Å². The number of carbonyl (C=O) groups is 1. The van der Waals surface area contributed by atoms with Crippen molar-refractivity contribution in [3.05, 3.63) is 0 Å². The van der Waals surface area contributed by atoms with Crippen LogP contribution in [0.25, 0.3) is 0 Å². The number of esters is 1. The van der Waals surface area contributed by atoms with Crippen molar-refractivity contribution in [1.82, 2.24) is 0 Å². The summed E-state index contributed by atoms with van der Waals surface area (Å²) < 4.78 is 12.1. The molecule has 32 heavy (non-hydrogen) atoms. The Morgan fingerprint density at radius 1 is 1.12 bits per heavy atom. The van der Waals surface area contributed by atoms with Gasteiger partial charge in [-0.3, -0.25) is 4.79 Å². The molecule has 1 aliphatic heterocycles. The third kappa shape index (κ3) is 3.56. The fourth-order valence-corrected chi connectivity index (χ4v) is 8.96. The lowest BCUT2D eigenvalue weighted by atomic mass is 9.46. The van der Waals surface area contributed by atoms with E-state index in [0.29, 0.717) is 48.0 Å². The monoisotopic (exact) mass is 448 g/mol. The summed E-state index contributed by atoms with van der Waals surface area (Å²) >= 11 is 0. The van der Waals surface area contributed by atoms with Crippen LogP contribution in [0.1, 0.15) is 92.4 Å². The number of hydrogen-bond acceptors (Lipinski definition) is 5. The van der Waals surface area contributed by atoms with E-state index in [2.05, 4.69) is 13.8 Å². The molecular weight excluding hydrogens is 404 g/mol. The van der Waals surface area contributed by atoms with E-state index < -0.39 is 5.60 Å². The van der Waals surface area contributed by atoms with E-state index in [0.717, 1.165) is 51.4 Å². The first kappa shape index (κ1) is 23.1. The van der Waals surface area contributed by atoms with Gasteiger partial charge in [-0.15, -0.1) is 0 Å². The standard InChI is InChI=1S/C27H44O5/c1-15(6-9-23(30)32-25(2,3)4)18-7-8-19-24-20(14-22-27(18,19)31-22)26(5)11-10-17(28)12-16(26)13-21(24)29/h15-22,24,28-29H,6-14H2,1-5H3/t15-,16+,17-,18-,19+,20+,21-,22+,24+,26+,27+/m1/s1. The van der Waals surface area contributed by atoms with Gasteiger partial charge in [0.2, 0.25) is 0 Å². The SMILES string of the molecule is C[C@H](CCC(=O)OC(C)(C)C)[C@H]1CC[C@H]2[C@@H]3[C@H](O)C[C@@H]4C[C@H](O)CC[C@]4(C)[C@H]3C[C@@H]3O[C@@]312. The molecule has 0 aromatic carbocycles. The minimum absolute atomic E-state index is 0.0626. The summed E-state index contributed by atoms with van der Waals surface area (Å²) in [5, 5.41) is 21.6. The number of hydrogen-bond donors (Lipinski definition) is 2. The van der Waals surface area contributed by atoms with Crippen molar-refractivity contribution in [2.24, 2.45) is 40.9 Å². The molecule has 5 fully saturated rings. The molecule has 1 heterocycles. The van der Waals surface area contributed by atoms with E-state index in [-0.39, 0.29) is 29.2 Å². The van der Waals surface area contributed by atoms with Gasteiger partial charge in [-0.25, -0.2) is 0 Å². The van der Waals surface area contributed by atoms with E-state index in [1.54, 1.807) is 0 Å². The predicted octanol–water partition coefficient (Wildman–Crippen LogP) is 4.48. The first-order chi connectivity index (χ1) is 15.0. The minimum atomic E-state index is -0.430. The highest BCUT2D eigenvalue weighted by Gasteiger charge is 2.76. The maximum Gasteiger partial charge on any atom is 0.306 e. The number of aliphatic hydroxyl groups excluding tert-OH is 2. The highest BCUT2D eigenvalue weighted by atomic mass is 16.6. The second kappa shape index (κ2) is 7.68. The fourth-order valence-electron chi connectivity index (χ4n) is 8.96. The molecule has 11 atom stereocenters. The highest BCUT2D eigenvalue weighted by Crippen LogP contribution is 2.72. The molecule has 5 heteroatoms. The molecule has 182 valence electrons. The summed E-state index contributed by atoms with van der Waals surface area (Å²) in [5.41, 5.74) is -0.269. The number of fused-ring (bicyclic) bond motifs is 4. The Bertz CT molecular complexity index is 745. The Hall–Kier alpha value is -0.650. The van der Waals surface area contributed by atoms with E-state index in [4.69, 9.17) is 9.47 Å². The van der Waals surface area contributed by atoms with Gasteiger partial charge in [-0.1, -0.05) is 13.8 Å². The van der Waals surface area contributed by atoms with Crippen LogP contribution in [0, 0.1) is 40.9 Å². The topological polar surface area (TPSA) is 79.3 Å². The average Bonchev–Trinajstić information content (AvgIpc) is 3.29. The van der Waals surface area contributed by atoms with Crippen molar-refractivity contribution >= 4 is 5.97 Å². The first-order valence-corrected chi connectivity index (χ1v) is 13.2. The maximum atomic E-state index is 12.3. The van der Waals surface area contributed by atoms with E-state index in [1.165, 1.54) is 0 Å². The van der Waals surface area contributed by atoms with Crippen molar-refractivity contribution in [3.8, 4) is 0 Å². The summed E-state index contributed by atoms with van der Waals surface area (Å²) in [6.45, 7) is 10.5. The summed E-state index contributed by atoms with van der Waals surface area (Å²) in [6, 6.07) is 0. The van der Waals surface area contributed by atoms with Gasteiger partial charge in [0.1, 0.15) is 11.2 Å². The van der Waals surface area contributed by atoms with Crippen LogP contribution in [0.4, 0.5) is 0 Å². The molecule has 5 nitrogen and oxygen atoms in total. The Morgan fingerprint density at radius 2 is 1.88 bits per heavy atom. The third-order valence-electron chi connectivity index (χ3n) is 10.4. The molecule has 0 radical (unpaired) electrons. The number of aliphatic hydroxyl groups is 2. The number of carbonyl (C=O) groups excluding carboxylic acids is 1. The molecule has 0 aromatic heterocycles. The number of rotatable bonds is 4. The zero-order valence-electron chi connectivity index (χ0n) is 20.7. The Kier molecular flexibility index (Phi) is 5.55. The quantitative estimate of drug-likeness (QED) is 0.490. The number of ether oxygens (including phenoxy) is 2. The maximum absolute atomic E-state index is 12.3. The molecule has 1 spiro atoms. The highest BCUT2D eigenvalue weighted by molar-refractivity contribution is 5.69. The lowest BCUT2D eigenvalue weighted by Crippen LogP contribution is -2.59. The number of epoxide rings is 1. The lowest BCUT2D eigenvalue weighted by Gasteiger charge is -2.59. The molecule has 4 saturated carbocycles. The third-order valence-corrected chi connectivity index (χ3v) is 10.4. The van der Waals surface area contributed by atoms with Crippen LogP contribution in [-0.4, -0.2) is 45.7 Å². The van der Waals surface area contributed by atoms with E-state index in [9.17, 15) is 15.0 Å². The molecule has 0 aromatic rings. The summed E-state index contributed by atoms with van der Waals surface area (Å²) in [6.07, 6.45) is 8.18. The van der Waals surface area contributed by atoms with Crippen molar-refractivity contribution in [3.63, 3.8) is 0 Å². The minimum Gasteiger partial charge on any atom is -0.460 e. The van der Waals surface area contributed by atoms with Gasteiger partial charge in [0.25, 0.3) is 0 Å². The van der Waals surface area contributed by atoms with Gasteiger partial charge in [0, 0.05) is 6.42 Å². The lowest BCUT2D eigenvalue weighted by molar-refractivity contribution is -0.155. The van der Waals surface area contributed by atoms with E-state index >= 15 is 0 Å². The zero-order valence-corrected chi connectivity index (χ0v) is 20.7. The summed E-state index contributed by atoms with van der Waals surface area (Å²) in [7, 11) is 0. The van der Waals surface area contributed by atoms with Gasteiger partial charge in [0.15, 0.2) is 0 Å². The molecule has 5 aliphatic rings. The van der Waals surface area contributed by atoms with Crippen LogP contribution in [0.3, 0.4) is 0 Å². The molecule has 0 bridgehead atoms. The van der Waals surface area contributed by atoms with Crippen LogP contribution in [-0.2, 0) is 14.3 Å². The van der Waals surface area contributed by atoms with Crippen LogP contribution in [0.5, 0.6) is 0 Å². The van der Waals surface area contributed by atoms with Gasteiger partial charge in [-0.2, -0.15) is 0 Å². The van der Waals surface area contributed by atoms with Gasteiger partial charge in [0.05, 0.1) is 18.3 Å². The molecule has 2 N–H and O–H groups in total. The summed E-state index contributed by atoms with van der Waals surface area (Å²) in [5.74, 6) is 2.50. The second-order valence-electron chi connectivity index (χ2n) is 13.2. The normalized spacial score (nSPS) is 50.5. The van der Waals surface area contributed by atoms with Crippen molar-refractivity contribution in [2.75, 3.05) is 0 Å². The second-order valence-corrected chi connectivity index (χ2v) is 13.2. The summed E-state index contributed by atoms with van der Waals surface area (Å²) in [4.78, 5) is 12.3. The largest absolute Gasteiger partial charge is 0.460 e. The Labute approximate surface area is 193 Å². The van der Waals surface area contributed by atoms with Gasteiger partial charge in [-0.05, 0) is 113 Å². The van der Waals surface area contributed by atoms with Crippen molar-refractivity contribution < 1.29 is 24.5 Å². The van der Waals surface area contributed by atoms with E-state index in [1.807, 2.05) is 20.8 Å². The molecule has 1 saturated heterocycles. The average molecular weight is 449 g/mol. The zero-order chi connectivity index (χ0) is 23.1. The fraction of sp³-hybridized carbons (Fsp3) is 0.963. The van der Waals surface area contributed by atoms with Crippen LogP contribution < -0.4 is 0 Å². The van der Waals surface area contributed by atoms with Crippen molar-refractivity contribution in [1.29, 1.82) is 0 Å². The smallest absolute Gasteiger partial charge is 0.306 e. The predicted molar refractivity (Wildman–Crippen MR) is 122 cm³/mol. The Morgan fingerprint density at radius 3 is 2.59 bits per heavy atom. The molecule has 0 unspecified atom stereocenters. The van der Waals surface area contributed by atoms with Gasteiger partial charge >= 0.3 is 5.97 Å². The molecule has 5 rings (SSSR count). The molecular formula is C27H44O5. The van der Waals surface area contributed by atoms with Crippen LogP contribution in [0.2, 0.25) is 0 Å². The Balaban J connectivity index is 1.29. The van der Waals surface area contributed by atoms with Crippen molar-refractivity contribution in [2.45, 2.75) is 122 Å². The van der Waals surface area contributed by atoms with Crippen LogP contribution in [0.15, 0.2) is 0 Å².